The van der Waals surface area contributed by atoms with Gasteiger partial charge in [-0.2, -0.15) is 0 Å². The number of amides is 1. The first-order valence-corrected chi connectivity index (χ1v) is 13.5. The average molecular weight is 530 g/mol. The molecule has 7 nitrogen and oxygen atoms in total. The van der Waals surface area contributed by atoms with Crippen LogP contribution in [0.4, 0.5) is 0 Å². The maximum Gasteiger partial charge on any atom is 0.306 e. The molecule has 39 heavy (non-hydrogen) atoms. The summed E-state index contributed by atoms with van der Waals surface area (Å²) < 4.78 is 11.9. The zero-order chi connectivity index (χ0) is 27.6. The topological polar surface area (TPSA) is 102 Å². The van der Waals surface area contributed by atoms with E-state index in [9.17, 15) is 14.4 Å². The number of ketones is 1. The lowest BCUT2D eigenvalue weighted by molar-refractivity contribution is -0.143. The van der Waals surface area contributed by atoms with Gasteiger partial charge >= 0.3 is 5.97 Å². The Hall–Kier alpha value is -4.13. The second-order valence-electron chi connectivity index (χ2n) is 9.93. The molecule has 1 aliphatic rings. The molecule has 0 radical (unpaired) electrons. The number of carbonyl (C=O) groups is 3. The Kier molecular flexibility index (Phi) is 9.73. The summed E-state index contributed by atoms with van der Waals surface area (Å²) in [6.07, 6.45) is 3.45. The van der Waals surface area contributed by atoms with Crippen LogP contribution in [0.3, 0.4) is 0 Å². The van der Waals surface area contributed by atoms with Gasteiger partial charge < -0.3 is 19.9 Å². The maximum absolute atomic E-state index is 12.6. The Morgan fingerprint density at radius 2 is 1.46 bits per heavy atom. The van der Waals surface area contributed by atoms with Crippen LogP contribution in [0.2, 0.25) is 0 Å². The summed E-state index contributed by atoms with van der Waals surface area (Å²) in [7, 11) is 0. The molecule has 0 bridgehead atoms. The van der Waals surface area contributed by atoms with E-state index in [0.717, 1.165) is 18.4 Å². The predicted molar refractivity (Wildman–Crippen MR) is 148 cm³/mol. The van der Waals surface area contributed by atoms with Crippen LogP contribution in [-0.2, 0) is 4.79 Å². The van der Waals surface area contributed by atoms with Crippen LogP contribution in [0.5, 0.6) is 11.5 Å². The van der Waals surface area contributed by atoms with Crippen molar-refractivity contribution in [2.45, 2.75) is 57.7 Å². The maximum atomic E-state index is 12.6. The fraction of sp³-hybridized carbons (Fsp3) is 0.344. The Bertz CT molecular complexity index is 1230. The number of rotatable bonds is 12. The standard InChI is InChI=1S/C32H35NO6/c1-22(23-6-3-2-4-7-23)38-27-17-11-25(12-18-27)31(35)33-21-5-8-30(34)24-9-15-28(16-10-24)39-29-19-13-26(14-20-29)32(36)37/h2-4,6-7,9-12,15-18,22,26,29H,5,8,13-14,19-21H2,1H3,(H,33,35)(H,36,37)/t22-,26?,29?/m0/s1. The summed E-state index contributed by atoms with van der Waals surface area (Å²) in [6, 6.07) is 24.0. The molecular weight excluding hydrogens is 494 g/mol. The van der Waals surface area contributed by atoms with Crippen molar-refractivity contribution >= 4 is 17.7 Å². The molecule has 7 heteroatoms. The number of hydrogen-bond acceptors (Lipinski definition) is 5. The van der Waals surface area contributed by atoms with E-state index in [2.05, 4.69) is 5.32 Å². The first kappa shape index (κ1) is 27.9. The van der Waals surface area contributed by atoms with E-state index in [1.165, 1.54) is 0 Å². The molecule has 4 rings (SSSR count). The zero-order valence-electron chi connectivity index (χ0n) is 22.2. The van der Waals surface area contributed by atoms with Gasteiger partial charge in [0.2, 0.25) is 0 Å². The largest absolute Gasteiger partial charge is 0.490 e. The molecule has 1 atom stereocenters. The van der Waals surface area contributed by atoms with Crippen LogP contribution in [-0.4, -0.2) is 35.4 Å². The van der Waals surface area contributed by atoms with Crippen LogP contribution in [0.1, 0.15) is 77.8 Å². The van der Waals surface area contributed by atoms with Crippen LogP contribution in [0.15, 0.2) is 78.9 Å². The van der Waals surface area contributed by atoms with E-state index in [1.807, 2.05) is 37.3 Å². The van der Waals surface area contributed by atoms with Gasteiger partial charge in [0.25, 0.3) is 5.91 Å². The van der Waals surface area contributed by atoms with Crippen LogP contribution in [0.25, 0.3) is 0 Å². The van der Waals surface area contributed by atoms with E-state index in [1.54, 1.807) is 48.5 Å². The summed E-state index contributed by atoms with van der Waals surface area (Å²) >= 11 is 0. The lowest BCUT2D eigenvalue weighted by Crippen LogP contribution is -2.27. The fourth-order valence-electron chi connectivity index (χ4n) is 4.72. The molecule has 0 unspecified atom stereocenters. The second-order valence-corrected chi connectivity index (χ2v) is 9.93. The Morgan fingerprint density at radius 1 is 0.846 bits per heavy atom. The third-order valence-electron chi connectivity index (χ3n) is 7.07. The minimum absolute atomic E-state index is 0.00630. The minimum Gasteiger partial charge on any atom is -0.490 e. The summed E-state index contributed by atoms with van der Waals surface area (Å²) in [4.78, 5) is 36.1. The molecule has 0 spiro atoms. The van der Waals surface area contributed by atoms with Crippen molar-refractivity contribution in [3.8, 4) is 11.5 Å². The molecule has 204 valence electrons. The number of carboxylic acid groups (broad SMARTS) is 1. The highest BCUT2D eigenvalue weighted by Gasteiger charge is 2.26. The van der Waals surface area contributed by atoms with Gasteiger partial charge in [-0.25, -0.2) is 0 Å². The predicted octanol–water partition coefficient (Wildman–Crippen LogP) is 6.24. The van der Waals surface area contributed by atoms with Crippen LogP contribution < -0.4 is 14.8 Å². The number of nitrogens with one attached hydrogen (secondary N) is 1. The molecular formula is C32H35NO6. The number of hydrogen-bond donors (Lipinski definition) is 2. The van der Waals surface area contributed by atoms with Crippen molar-refractivity contribution in [2.24, 2.45) is 5.92 Å². The van der Waals surface area contributed by atoms with Crippen molar-refractivity contribution in [3.05, 3.63) is 95.6 Å². The quantitative estimate of drug-likeness (QED) is 0.213. The Balaban J connectivity index is 1.15. The fourth-order valence-corrected chi connectivity index (χ4v) is 4.72. The van der Waals surface area contributed by atoms with Gasteiger partial charge in [0.1, 0.15) is 17.6 Å². The van der Waals surface area contributed by atoms with Gasteiger partial charge in [-0.3, -0.25) is 14.4 Å². The van der Waals surface area contributed by atoms with Crippen molar-refractivity contribution in [2.75, 3.05) is 6.54 Å². The molecule has 1 fully saturated rings. The van der Waals surface area contributed by atoms with Crippen LogP contribution >= 0.6 is 0 Å². The first-order valence-electron chi connectivity index (χ1n) is 13.5. The number of ether oxygens (including phenoxy) is 2. The summed E-state index contributed by atoms with van der Waals surface area (Å²) in [5.74, 6) is 0.183. The van der Waals surface area contributed by atoms with E-state index in [0.29, 0.717) is 54.9 Å². The normalized spacial score (nSPS) is 17.6. The van der Waals surface area contributed by atoms with Gasteiger partial charge in [-0.1, -0.05) is 30.3 Å². The highest BCUT2D eigenvalue weighted by Crippen LogP contribution is 2.28. The van der Waals surface area contributed by atoms with E-state index >= 15 is 0 Å². The van der Waals surface area contributed by atoms with Gasteiger partial charge in [0, 0.05) is 24.1 Å². The molecule has 1 amide bonds. The monoisotopic (exact) mass is 529 g/mol. The summed E-state index contributed by atoms with van der Waals surface area (Å²) in [5.41, 5.74) is 2.21. The molecule has 0 saturated heterocycles. The van der Waals surface area contributed by atoms with Gasteiger partial charge in [0.15, 0.2) is 5.78 Å². The molecule has 0 heterocycles. The smallest absolute Gasteiger partial charge is 0.306 e. The Labute approximate surface area is 229 Å². The van der Waals surface area contributed by atoms with Gasteiger partial charge in [-0.05, 0) is 93.1 Å². The molecule has 0 aromatic heterocycles. The second kappa shape index (κ2) is 13.6. The number of benzene rings is 3. The molecule has 0 aliphatic heterocycles. The van der Waals surface area contributed by atoms with E-state index < -0.39 is 5.97 Å². The summed E-state index contributed by atoms with van der Waals surface area (Å²) in [6.45, 7) is 2.38. The van der Waals surface area contributed by atoms with Gasteiger partial charge in [-0.15, -0.1) is 0 Å². The van der Waals surface area contributed by atoms with E-state index in [-0.39, 0.29) is 29.8 Å². The number of aliphatic carboxylic acids is 1. The third-order valence-corrected chi connectivity index (χ3v) is 7.07. The van der Waals surface area contributed by atoms with E-state index in [4.69, 9.17) is 14.6 Å². The first-order chi connectivity index (χ1) is 18.9. The molecule has 1 aliphatic carbocycles. The minimum atomic E-state index is -0.732. The van der Waals surface area contributed by atoms with Crippen LogP contribution in [0, 0.1) is 5.92 Å². The van der Waals surface area contributed by atoms with Crippen molar-refractivity contribution in [1.29, 1.82) is 0 Å². The molecule has 1 saturated carbocycles. The molecule has 3 aromatic carbocycles. The lowest BCUT2D eigenvalue weighted by Gasteiger charge is -2.26. The van der Waals surface area contributed by atoms with Gasteiger partial charge in [0.05, 0.1) is 12.0 Å². The summed E-state index contributed by atoms with van der Waals surface area (Å²) in [5, 5.41) is 12.0. The number of carbonyl (C=O) groups excluding carboxylic acids is 2. The average Bonchev–Trinajstić information content (AvgIpc) is 2.96. The van der Waals surface area contributed by atoms with Crippen molar-refractivity contribution in [1.82, 2.24) is 5.32 Å². The SMILES string of the molecule is C[C@H](Oc1ccc(C(=O)NCCCC(=O)c2ccc(OC3CCC(C(=O)O)CC3)cc2)cc1)c1ccccc1. The van der Waals surface area contributed by atoms with Crippen molar-refractivity contribution < 1.29 is 29.0 Å². The highest BCUT2D eigenvalue weighted by atomic mass is 16.5. The number of carboxylic acids is 1. The number of Topliss-reactive ketones (excluding diaryl/α,β-unsaturated/α-hetero) is 1. The Morgan fingerprint density at radius 3 is 2.10 bits per heavy atom. The van der Waals surface area contributed by atoms with Crippen molar-refractivity contribution in [3.63, 3.8) is 0 Å². The molecule has 2 N–H and O–H groups in total. The third kappa shape index (κ3) is 8.18. The molecule has 3 aromatic rings. The lowest BCUT2D eigenvalue weighted by atomic mass is 9.87. The zero-order valence-corrected chi connectivity index (χ0v) is 22.2. The highest BCUT2D eigenvalue weighted by molar-refractivity contribution is 5.96.